The predicted molar refractivity (Wildman–Crippen MR) is 113 cm³/mol. The first-order valence-electron chi connectivity index (χ1n) is 9.08. The maximum Gasteiger partial charge on any atom is 0.244 e. The molecule has 7 nitrogen and oxygen atoms in total. The second-order valence-electron chi connectivity index (χ2n) is 6.96. The van der Waals surface area contributed by atoms with Crippen molar-refractivity contribution in [3.8, 4) is 5.75 Å². The van der Waals surface area contributed by atoms with Gasteiger partial charge < -0.3 is 19.4 Å². The Kier molecular flexibility index (Phi) is 6.25. The van der Waals surface area contributed by atoms with Crippen molar-refractivity contribution in [2.24, 2.45) is 0 Å². The summed E-state index contributed by atoms with van der Waals surface area (Å²) >= 11 is 12.4. The van der Waals surface area contributed by atoms with Gasteiger partial charge in [0, 0.05) is 52.0 Å². The molecule has 0 aliphatic carbocycles. The zero-order chi connectivity index (χ0) is 20.4. The predicted octanol–water partition coefficient (Wildman–Crippen LogP) is 2.92. The van der Waals surface area contributed by atoms with Gasteiger partial charge in [-0.2, -0.15) is 5.10 Å². The molecule has 2 aromatic rings. The number of methoxy groups -OCH3 is 1. The summed E-state index contributed by atoms with van der Waals surface area (Å²) in [4.78, 5) is 18.7. The standard InChI is InChI=1S/C19H25Cl2N5O2/c1-13-18(21)19(23(2)3)22-26(13)12-17(27)25-9-7-24(8-10-25)14-5-6-15(20)16(11-14)28-4/h5-6,11H,7-10,12H2,1-4H3. The lowest BCUT2D eigenvalue weighted by Gasteiger charge is -2.36. The number of hydrogen-bond acceptors (Lipinski definition) is 5. The number of carbonyl (C=O) groups excluding carboxylic acids is 1. The molecular weight excluding hydrogens is 401 g/mol. The Morgan fingerprint density at radius 1 is 1.21 bits per heavy atom. The van der Waals surface area contributed by atoms with Crippen molar-refractivity contribution >= 4 is 40.6 Å². The Balaban J connectivity index is 1.62. The van der Waals surface area contributed by atoms with Gasteiger partial charge in [0.15, 0.2) is 5.82 Å². The number of halogens is 2. The highest BCUT2D eigenvalue weighted by Gasteiger charge is 2.24. The summed E-state index contributed by atoms with van der Waals surface area (Å²) in [6.07, 6.45) is 0. The van der Waals surface area contributed by atoms with Crippen molar-refractivity contribution in [3.05, 3.63) is 33.9 Å². The third-order valence-electron chi connectivity index (χ3n) is 4.96. The van der Waals surface area contributed by atoms with Crippen molar-refractivity contribution in [1.29, 1.82) is 0 Å². The minimum Gasteiger partial charge on any atom is -0.495 e. The molecule has 1 fully saturated rings. The van der Waals surface area contributed by atoms with Crippen LogP contribution >= 0.6 is 23.2 Å². The van der Waals surface area contributed by atoms with Crippen molar-refractivity contribution in [2.45, 2.75) is 13.5 Å². The summed E-state index contributed by atoms with van der Waals surface area (Å²) < 4.78 is 6.97. The van der Waals surface area contributed by atoms with Gasteiger partial charge in [-0.15, -0.1) is 0 Å². The van der Waals surface area contributed by atoms with Crippen LogP contribution in [0.4, 0.5) is 11.5 Å². The average Bonchev–Trinajstić information content (AvgIpc) is 2.97. The first-order valence-corrected chi connectivity index (χ1v) is 9.84. The molecule has 3 rings (SSSR count). The first kappa shape index (κ1) is 20.6. The third kappa shape index (κ3) is 4.15. The highest BCUT2D eigenvalue weighted by molar-refractivity contribution is 6.33. The number of aromatic nitrogens is 2. The van der Waals surface area contributed by atoms with Gasteiger partial charge in [-0.25, -0.2) is 0 Å². The molecule has 0 atom stereocenters. The van der Waals surface area contributed by atoms with Crippen LogP contribution in [0.15, 0.2) is 18.2 Å². The van der Waals surface area contributed by atoms with Gasteiger partial charge in [0.2, 0.25) is 5.91 Å². The van der Waals surface area contributed by atoms with Crippen LogP contribution in [0.2, 0.25) is 10.0 Å². The maximum absolute atomic E-state index is 12.8. The van der Waals surface area contributed by atoms with Crippen LogP contribution < -0.4 is 14.5 Å². The molecule has 9 heteroatoms. The summed E-state index contributed by atoms with van der Waals surface area (Å²) in [5, 5.41) is 5.63. The number of rotatable bonds is 5. The minimum atomic E-state index is 0.0425. The molecule has 1 aromatic carbocycles. The third-order valence-corrected chi connectivity index (χ3v) is 5.71. The lowest BCUT2D eigenvalue weighted by atomic mass is 10.2. The van der Waals surface area contributed by atoms with E-state index in [1.807, 2.05) is 49.0 Å². The van der Waals surface area contributed by atoms with Crippen LogP contribution in [0.3, 0.4) is 0 Å². The van der Waals surface area contributed by atoms with Gasteiger partial charge in [0.1, 0.15) is 17.3 Å². The molecule has 0 bridgehead atoms. The quantitative estimate of drug-likeness (QED) is 0.736. The van der Waals surface area contributed by atoms with E-state index in [4.69, 9.17) is 27.9 Å². The summed E-state index contributed by atoms with van der Waals surface area (Å²) in [5.74, 6) is 1.37. The number of anilines is 2. The fourth-order valence-electron chi connectivity index (χ4n) is 3.24. The summed E-state index contributed by atoms with van der Waals surface area (Å²) in [6, 6.07) is 5.73. The minimum absolute atomic E-state index is 0.0425. The van der Waals surface area contributed by atoms with Crippen LogP contribution in [0.1, 0.15) is 5.69 Å². The van der Waals surface area contributed by atoms with E-state index in [1.54, 1.807) is 11.8 Å². The van der Waals surface area contributed by atoms with E-state index in [-0.39, 0.29) is 12.5 Å². The Bertz CT molecular complexity index is 860. The first-order chi connectivity index (χ1) is 13.3. The van der Waals surface area contributed by atoms with Crippen LogP contribution in [0.5, 0.6) is 5.75 Å². The van der Waals surface area contributed by atoms with Gasteiger partial charge in [0.25, 0.3) is 0 Å². The van der Waals surface area contributed by atoms with Crippen LogP contribution in [0.25, 0.3) is 0 Å². The second kappa shape index (κ2) is 8.49. The molecule has 0 spiro atoms. The number of benzene rings is 1. The number of piperazine rings is 1. The van der Waals surface area contributed by atoms with Crippen LogP contribution in [-0.2, 0) is 11.3 Å². The number of amides is 1. The zero-order valence-corrected chi connectivity index (χ0v) is 18.1. The molecule has 28 heavy (non-hydrogen) atoms. The Morgan fingerprint density at radius 3 is 2.46 bits per heavy atom. The molecule has 1 amide bonds. The van der Waals surface area contributed by atoms with E-state index in [0.29, 0.717) is 34.7 Å². The van der Waals surface area contributed by atoms with Gasteiger partial charge in [-0.1, -0.05) is 23.2 Å². The lowest BCUT2D eigenvalue weighted by Crippen LogP contribution is -2.49. The summed E-state index contributed by atoms with van der Waals surface area (Å²) in [5.41, 5.74) is 1.84. The summed E-state index contributed by atoms with van der Waals surface area (Å²) in [6.45, 7) is 4.86. The van der Waals surface area contributed by atoms with Gasteiger partial charge >= 0.3 is 0 Å². The molecule has 1 aliphatic heterocycles. The molecule has 0 saturated carbocycles. The Hall–Kier alpha value is -2.12. The maximum atomic E-state index is 12.8. The SMILES string of the molecule is COc1cc(N2CCN(C(=O)Cn3nc(N(C)C)c(Cl)c3C)CC2)ccc1Cl. The fourth-order valence-corrected chi connectivity index (χ4v) is 3.73. The fraction of sp³-hybridized carbons (Fsp3) is 0.474. The molecule has 1 aliphatic rings. The van der Waals surface area contributed by atoms with Gasteiger partial charge in [-0.3, -0.25) is 9.48 Å². The smallest absolute Gasteiger partial charge is 0.244 e. The van der Waals surface area contributed by atoms with Crippen molar-refractivity contribution in [3.63, 3.8) is 0 Å². The van der Waals surface area contributed by atoms with E-state index in [1.165, 1.54) is 0 Å². The monoisotopic (exact) mass is 425 g/mol. The molecule has 1 aromatic heterocycles. The molecule has 152 valence electrons. The number of nitrogens with zero attached hydrogens (tertiary/aromatic N) is 5. The van der Waals surface area contributed by atoms with E-state index in [2.05, 4.69) is 10.00 Å². The van der Waals surface area contributed by atoms with Crippen molar-refractivity contribution in [2.75, 3.05) is 57.2 Å². The van der Waals surface area contributed by atoms with Crippen LogP contribution in [-0.4, -0.2) is 68.0 Å². The highest BCUT2D eigenvalue weighted by Crippen LogP contribution is 2.30. The van der Waals surface area contributed by atoms with E-state index >= 15 is 0 Å². The molecule has 0 unspecified atom stereocenters. The Labute approximate surface area is 175 Å². The lowest BCUT2D eigenvalue weighted by molar-refractivity contribution is -0.132. The molecule has 0 radical (unpaired) electrons. The van der Waals surface area contributed by atoms with E-state index < -0.39 is 0 Å². The zero-order valence-electron chi connectivity index (χ0n) is 16.6. The largest absolute Gasteiger partial charge is 0.495 e. The van der Waals surface area contributed by atoms with Gasteiger partial charge in [0.05, 0.1) is 17.8 Å². The van der Waals surface area contributed by atoms with E-state index in [0.717, 1.165) is 24.5 Å². The van der Waals surface area contributed by atoms with Crippen molar-refractivity contribution < 1.29 is 9.53 Å². The highest BCUT2D eigenvalue weighted by atomic mass is 35.5. The van der Waals surface area contributed by atoms with E-state index in [9.17, 15) is 4.79 Å². The average molecular weight is 426 g/mol. The topological polar surface area (TPSA) is 53.8 Å². The van der Waals surface area contributed by atoms with Crippen molar-refractivity contribution in [1.82, 2.24) is 14.7 Å². The number of ether oxygens (including phenoxy) is 1. The van der Waals surface area contributed by atoms with Crippen LogP contribution in [0, 0.1) is 6.92 Å². The molecular formula is C19H25Cl2N5O2. The second-order valence-corrected chi connectivity index (χ2v) is 7.75. The summed E-state index contributed by atoms with van der Waals surface area (Å²) in [7, 11) is 5.36. The number of hydrogen-bond donors (Lipinski definition) is 0. The number of carbonyl (C=O) groups is 1. The molecule has 2 heterocycles. The normalized spacial score (nSPS) is 14.4. The van der Waals surface area contributed by atoms with Gasteiger partial charge in [-0.05, 0) is 19.1 Å². The molecule has 0 N–H and O–H groups in total. The Morgan fingerprint density at radius 2 is 1.89 bits per heavy atom. The molecule has 1 saturated heterocycles.